The Morgan fingerprint density at radius 2 is 1.90 bits per heavy atom. The van der Waals surface area contributed by atoms with Crippen molar-refractivity contribution in [2.45, 2.75) is 70.3 Å². The van der Waals surface area contributed by atoms with Gasteiger partial charge in [0.1, 0.15) is 19.3 Å². The van der Waals surface area contributed by atoms with E-state index in [9.17, 15) is 9.90 Å². The minimum absolute atomic E-state index is 0.1000. The SMILES string of the molecule is [2H]C1([2H])CN(C[C@@H](NC(=O)CCCCCCC)[C@H](O)c2ccc3c(c2)OCCO3)CC1([2H])[2H]. The Hall–Kier alpha value is -1.79. The highest BCUT2D eigenvalue weighted by molar-refractivity contribution is 5.76. The third-order valence-electron chi connectivity index (χ3n) is 5.33. The van der Waals surface area contributed by atoms with Gasteiger partial charge in [0.15, 0.2) is 11.5 Å². The zero-order chi connectivity index (χ0) is 24.1. The van der Waals surface area contributed by atoms with Gasteiger partial charge in [0.25, 0.3) is 0 Å². The minimum Gasteiger partial charge on any atom is -0.486 e. The van der Waals surface area contributed by atoms with Gasteiger partial charge in [0, 0.05) is 18.4 Å². The smallest absolute Gasteiger partial charge is 0.220 e. The Bertz CT molecular complexity index is 793. The molecule has 2 aliphatic rings. The van der Waals surface area contributed by atoms with Gasteiger partial charge < -0.3 is 24.8 Å². The standard InChI is InChI=1S/C23H36N2O4/c1-2-3-4-5-6-9-22(26)24-19(17-25-12-7-8-13-25)23(27)18-10-11-20-21(16-18)29-15-14-28-20/h10-11,16,19,23,27H,2-9,12-15,17H2,1H3,(H,24,26)/t19-,23-/m1/s1/i7D2,8D2. The molecule has 6 nitrogen and oxygen atoms in total. The molecule has 162 valence electrons. The number of rotatable bonds is 11. The molecular formula is C23H36N2O4. The molecule has 2 aliphatic heterocycles. The Labute approximate surface area is 180 Å². The van der Waals surface area contributed by atoms with Crippen LogP contribution in [-0.4, -0.2) is 54.8 Å². The summed E-state index contributed by atoms with van der Waals surface area (Å²) in [7, 11) is 0. The summed E-state index contributed by atoms with van der Waals surface area (Å²) in [5.74, 6) is 0.969. The lowest BCUT2D eigenvalue weighted by Gasteiger charge is -2.29. The molecule has 0 spiro atoms. The zero-order valence-corrected chi connectivity index (χ0v) is 17.3. The fourth-order valence-electron chi connectivity index (χ4n) is 3.67. The number of hydrogen-bond acceptors (Lipinski definition) is 5. The normalized spacial score (nSPS) is 23.9. The molecule has 2 heterocycles. The molecule has 1 fully saturated rings. The van der Waals surface area contributed by atoms with Crippen molar-refractivity contribution < 1.29 is 24.9 Å². The average Bonchev–Trinajstić information content (AvgIpc) is 2.98. The molecule has 0 aromatic heterocycles. The summed E-state index contributed by atoms with van der Waals surface area (Å²) in [6, 6.07) is 4.43. The Kier molecular flexibility index (Phi) is 6.67. The second-order valence-corrected chi connectivity index (χ2v) is 7.71. The number of aliphatic hydroxyl groups is 1. The third-order valence-corrected chi connectivity index (χ3v) is 5.33. The van der Waals surface area contributed by atoms with Crippen LogP contribution in [0.15, 0.2) is 18.2 Å². The molecule has 2 N–H and O–H groups in total. The molecule has 1 aromatic carbocycles. The van der Waals surface area contributed by atoms with Gasteiger partial charge in [-0.2, -0.15) is 0 Å². The van der Waals surface area contributed by atoms with E-state index < -0.39 is 24.9 Å². The summed E-state index contributed by atoms with van der Waals surface area (Å²) in [6.45, 7) is 2.96. The van der Waals surface area contributed by atoms with Gasteiger partial charge >= 0.3 is 0 Å². The highest BCUT2D eigenvalue weighted by Crippen LogP contribution is 2.33. The maximum absolute atomic E-state index is 12.6. The molecular weight excluding hydrogens is 368 g/mol. The maximum Gasteiger partial charge on any atom is 0.220 e. The molecule has 0 aliphatic carbocycles. The minimum atomic E-state index is -2.00. The van der Waals surface area contributed by atoms with Crippen LogP contribution in [0.1, 0.15) is 75.3 Å². The molecule has 0 radical (unpaired) electrons. The van der Waals surface area contributed by atoms with Gasteiger partial charge in [-0.15, -0.1) is 0 Å². The van der Waals surface area contributed by atoms with Crippen molar-refractivity contribution >= 4 is 5.91 Å². The highest BCUT2D eigenvalue weighted by atomic mass is 16.6. The number of likely N-dealkylation sites (tertiary alicyclic amines) is 1. The van der Waals surface area contributed by atoms with Crippen LogP contribution in [0, 0.1) is 0 Å². The molecule has 2 atom stereocenters. The van der Waals surface area contributed by atoms with Crippen molar-refractivity contribution in [1.82, 2.24) is 10.2 Å². The molecule has 0 saturated carbocycles. The summed E-state index contributed by atoms with van der Waals surface area (Å²) in [4.78, 5) is 14.3. The molecule has 1 saturated heterocycles. The first-order valence-corrected chi connectivity index (χ1v) is 10.7. The largest absolute Gasteiger partial charge is 0.486 e. The first-order chi connectivity index (χ1) is 15.6. The first-order valence-electron chi connectivity index (χ1n) is 12.7. The number of amides is 1. The molecule has 1 aromatic rings. The van der Waals surface area contributed by atoms with Crippen molar-refractivity contribution in [1.29, 1.82) is 0 Å². The van der Waals surface area contributed by atoms with Crippen LogP contribution in [0.5, 0.6) is 11.5 Å². The van der Waals surface area contributed by atoms with Crippen molar-refractivity contribution in [2.75, 3.05) is 32.8 Å². The molecule has 0 bridgehead atoms. The second kappa shape index (κ2) is 11.4. The van der Waals surface area contributed by atoms with E-state index >= 15 is 0 Å². The number of aliphatic hydroxyl groups excluding tert-OH is 1. The van der Waals surface area contributed by atoms with E-state index in [1.807, 2.05) is 0 Å². The second-order valence-electron chi connectivity index (χ2n) is 7.71. The Balaban J connectivity index is 1.70. The van der Waals surface area contributed by atoms with Crippen molar-refractivity contribution in [2.24, 2.45) is 0 Å². The highest BCUT2D eigenvalue weighted by Gasteiger charge is 2.27. The van der Waals surface area contributed by atoms with Crippen LogP contribution in [0.2, 0.25) is 0 Å². The molecule has 3 rings (SSSR count). The zero-order valence-electron chi connectivity index (χ0n) is 21.3. The van der Waals surface area contributed by atoms with Crippen molar-refractivity contribution in [3.63, 3.8) is 0 Å². The van der Waals surface area contributed by atoms with E-state index in [1.54, 1.807) is 23.1 Å². The Morgan fingerprint density at radius 1 is 1.17 bits per heavy atom. The van der Waals surface area contributed by atoms with Gasteiger partial charge in [-0.25, -0.2) is 0 Å². The predicted molar refractivity (Wildman–Crippen MR) is 113 cm³/mol. The van der Waals surface area contributed by atoms with E-state index in [0.29, 0.717) is 36.7 Å². The van der Waals surface area contributed by atoms with Crippen LogP contribution in [-0.2, 0) is 4.79 Å². The van der Waals surface area contributed by atoms with E-state index in [-0.39, 0.29) is 25.5 Å². The van der Waals surface area contributed by atoms with Gasteiger partial charge in [-0.1, -0.05) is 38.7 Å². The monoisotopic (exact) mass is 408 g/mol. The topological polar surface area (TPSA) is 71.0 Å². The van der Waals surface area contributed by atoms with Crippen LogP contribution >= 0.6 is 0 Å². The van der Waals surface area contributed by atoms with Gasteiger partial charge in [0.2, 0.25) is 5.91 Å². The fraction of sp³-hybridized carbons (Fsp3) is 0.696. The lowest BCUT2D eigenvalue weighted by atomic mass is 10.0. The van der Waals surface area contributed by atoms with Gasteiger partial charge in [0.05, 0.1) is 6.04 Å². The average molecular weight is 409 g/mol. The maximum atomic E-state index is 12.6. The molecule has 0 unspecified atom stereocenters. The number of unbranched alkanes of at least 4 members (excludes halogenated alkanes) is 4. The quantitative estimate of drug-likeness (QED) is 0.549. The van der Waals surface area contributed by atoms with E-state index in [2.05, 4.69) is 12.2 Å². The van der Waals surface area contributed by atoms with Crippen LogP contribution in [0.3, 0.4) is 0 Å². The number of carbonyl (C=O) groups excluding carboxylic acids is 1. The van der Waals surface area contributed by atoms with Crippen molar-refractivity contribution in [3.05, 3.63) is 23.8 Å². The summed E-state index contributed by atoms with van der Waals surface area (Å²) >= 11 is 0. The number of hydrogen-bond donors (Lipinski definition) is 2. The van der Waals surface area contributed by atoms with Crippen LogP contribution < -0.4 is 14.8 Å². The summed E-state index contributed by atoms with van der Waals surface area (Å²) in [5, 5.41) is 14.1. The summed E-state index contributed by atoms with van der Waals surface area (Å²) in [5.41, 5.74) is 0.553. The van der Waals surface area contributed by atoms with E-state index in [1.165, 1.54) is 0 Å². The lowest BCUT2D eigenvalue weighted by Crippen LogP contribution is -2.46. The summed E-state index contributed by atoms with van der Waals surface area (Å²) < 4.78 is 43.1. The number of fused-ring (bicyclic) bond motifs is 1. The molecule has 1 amide bonds. The Morgan fingerprint density at radius 3 is 2.66 bits per heavy atom. The lowest BCUT2D eigenvalue weighted by molar-refractivity contribution is -0.123. The third kappa shape index (κ3) is 6.61. The summed E-state index contributed by atoms with van der Waals surface area (Å²) in [6.07, 6.45) is 0.407. The fourth-order valence-corrected chi connectivity index (χ4v) is 3.67. The first kappa shape index (κ1) is 16.9. The van der Waals surface area contributed by atoms with E-state index in [0.717, 1.165) is 32.1 Å². The number of carbonyl (C=O) groups is 1. The number of nitrogens with zero attached hydrogens (tertiary/aromatic N) is 1. The number of benzene rings is 1. The van der Waals surface area contributed by atoms with E-state index in [4.69, 9.17) is 15.0 Å². The number of nitrogens with one attached hydrogen (secondary N) is 1. The van der Waals surface area contributed by atoms with Crippen molar-refractivity contribution in [3.8, 4) is 11.5 Å². The molecule has 29 heavy (non-hydrogen) atoms. The molecule has 6 heteroatoms. The van der Waals surface area contributed by atoms with Crippen LogP contribution in [0.4, 0.5) is 0 Å². The number of ether oxygens (including phenoxy) is 2. The van der Waals surface area contributed by atoms with Gasteiger partial charge in [-0.05, 0) is 50.0 Å². The predicted octanol–water partition coefficient (Wildman–Crippen LogP) is 3.43. The van der Waals surface area contributed by atoms with Gasteiger partial charge in [-0.3, -0.25) is 4.79 Å². The van der Waals surface area contributed by atoms with Crippen LogP contribution in [0.25, 0.3) is 0 Å².